The van der Waals surface area contributed by atoms with Gasteiger partial charge >= 0.3 is 12.1 Å². The number of amides is 1. The molecule has 0 bridgehead atoms. The van der Waals surface area contributed by atoms with Gasteiger partial charge < -0.3 is 21.1 Å². The third-order valence-electron chi connectivity index (χ3n) is 4.29. The molecule has 0 aliphatic heterocycles. The van der Waals surface area contributed by atoms with Gasteiger partial charge in [-0.25, -0.2) is 14.4 Å². The summed E-state index contributed by atoms with van der Waals surface area (Å²) in [7, 11) is 0. The number of nitrogens with zero attached hydrogens (tertiary/aromatic N) is 2. The average molecular weight is 437 g/mol. The van der Waals surface area contributed by atoms with Crippen molar-refractivity contribution in [2.45, 2.75) is 26.1 Å². The first-order chi connectivity index (χ1) is 14.5. The van der Waals surface area contributed by atoms with Crippen molar-refractivity contribution >= 4 is 34.0 Å². The van der Waals surface area contributed by atoms with Crippen molar-refractivity contribution in [3.8, 4) is 5.75 Å². The lowest BCUT2D eigenvalue weighted by atomic mass is 10.1. The van der Waals surface area contributed by atoms with Gasteiger partial charge in [0.15, 0.2) is 0 Å². The highest BCUT2D eigenvalue weighted by Crippen LogP contribution is 2.33. The predicted molar refractivity (Wildman–Crippen MR) is 108 cm³/mol. The van der Waals surface area contributed by atoms with E-state index in [2.05, 4.69) is 15.3 Å². The molecule has 1 atom stereocenters. The van der Waals surface area contributed by atoms with Crippen LogP contribution in [-0.4, -0.2) is 34.7 Å². The number of nitrogens with two attached hydrogens (primary N) is 1. The highest BCUT2D eigenvalue weighted by molar-refractivity contribution is 5.95. The number of halogens is 4. The van der Waals surface area contributed by atoms with E-state index in [1.54, 1.807) is 17.4 Å². The van der Waals surface area contributed by atoms with Gasteiger partial charge in [0, 0.05) is 17.1 Å². The molecule has 0 radical (unpaired) electrons. The van der Waals surface area contributed by atoms with Crippen molar-refractivity contribution in [2.75, 3.05) is 17.6 Å². The summed E-state index contributed by atoms with van der Waals surface area (Å²) in [6.07, 6.45) is -4.54. The Kier molecular flexibility index (Phi) is 6.14. The van der Waals surface area contributed by atoms with Gasteiger partial charge in [-0.05, 0) is 43.7 Å². The summed E-state index contributed by atoms with van der Waals surface area (Å²) < 4.78 is 56.4. The lowest BCUT2D eigenvalue weighted by molar-refractivity contribution is -0.173. The van der Waals surface area contributed by atoms with Crippen LogP contribution in [0.1, 0.15) is 12.5 Å². The van der Waals surface area contributed by atoms with Crippen molar-refractivity contribution in [3.05, 3.63) is 48.0 Å². The Morgan fingerprint density at radius 1 is 1.23 bits per heavy atom. The molecule has 0 aliphatic carbocycles. The monoisotopic (exact) mass is 437 g/mol. The summed E-state index contributed by atoms with van der Waals surface area (Å²) in [6, 6.07) is 7.12. The van der Waals surface area contributed by atoms with E-state index in [1.807, 2.05) is 6.92 Å². The molecule has 0 aliphatic rings. The number of alkyl halides is 3. The third-order valence-corrected chi connectivity index (χ3v) is 4.29. The summed E-state index contributed by atoms with van der Waals surface area (Å²) in [4.78, 5) is 19.4. The van der Waals surface area contributed by atoms with E-state index in [0.29, 0.717) is 28.1 Å². The van der Waals surface area contributed by atoms with Gasteiger partial charge in [-0.1, -0.05) is 0 Å². The second-order valence-electron chi connectivity index (χ2n) is 6.86. The van der Waals surface area contributed by atoms with E-state index in [0.717, 1.165) is 11.6 Å². The molecule has 164 valence electrons. The largest absolute Gasteiger partial charge is 0.487 e. The average Bonchev–Trinajstić information content (AvgIpc) is 2.67. The molecule has 3 rings (SSSR count). The van der Waals surface area contributed by atoms with E-state index >= 15 is 0 Å². The smallest absolute Gasteiger partial charge is 0.471 e. The Labute approximate surface area is 174 Å². The lowest BCUT2D eigenvalue weighted by Crippen LogP contribution is -2.41. The number of hydrogen-bond donors (Lipinski definition) is 3. The van der Waals surface area contributed by atoms with Gasteiger partial charge in [0.05, 0.1) is 17.7 Å². The number of anilines is 3. The van der Waals surface area contributed by atoms with Crippen LogP contribution in [0.2, 0.25) is 0 Å². The van der Waals surface area contributed by atoms with Crippen molar-refractivity contribution < 1.29 is 27.1 Å². The number of rotatable bonds is 6. The van der Waals surface area contributed by atoms with Crippen LogP contribution < -0.4 is 21.1 Å². The number of carbonyl (C=O) groups is 1. The molecule has 0 spiro atoms. The van der Waals surface area contributed by atoms with Gasteiger partial charge in [-0.3, -0.25) is 4.79 Å². The number of hydrogen-bond acceptors (Lipinski definition) is 6. The van der Waals surface area contributed by atoms with E-state index in [9.17, 15) is 22.4 Å². The van der Waals surface area contributed by atoms with E-state index < -0.39 is 30.5 Å². The number of nitrogen functional groups attached to an aromatic ring is 1. The van der Waals surface area contributed by atoms with Crippen LogP contribution in [0.25, 0.3) is 10.9 Å². The number of aromatic nitrogens is 2. The molecular formula is C20H19F4N5O2. The highest BCUT2D eigenvalue weighted by Gasteiger charge is 2.38. The summed E-state index contributed by atoms with van der Waals surface area (Å²) in [6.45, 7) is 2.85. The van der Waals surface area contributed by atoms with Crippen LogP contribution in [-0.2, 0) is 4.79 Å². The zero-order chi connectivity index (χ0) is 22.8. The number of benzene rings is 2. The van der Waals surface area contributed by atoms with E-state index in [1.165, 1.54) is 25.4 Å². The fraction of sp³-hybridized carbons (Fsp3) is 0.250. The van der Waals surface area contributed by atoms with Crippen molar-refractivity contribution in [1.82, 2.24) is 15.3 Å². The predicted octanol–water partition coefficient (Wildman–Crippen LogP) is 3.85. The molecule has 1 heterocycles. The fourth-order valence-corrected chi connectivity index (χ4v) is 2.93. The van der Waals surface area contributed by atoms with Gasteiger partial charge in [0.1, 0.15) is 29.8 Å². The minimum absolute atomic E-state index is 0.0358. The first-order valence-corrected chi connectivity index (χ1v) is 9.13. The number of fused-ring (bicyclic) bond motifs is 1. The molecule has 1 unspecified atom stereocenters. The molecular weight excluding hydrogens is 418 g/mol. The molecule has 4 N–H and O–H groups in total. The second-order valence-corrected chi connectivity index (χ2v) is 6.86. The molecule has 0 fully saturated rings. The minimum Gasteiger partial charge on any atom is -0.487 e. The maximum absolute atomic E-state index is 13.8. The van der Waals surface area contributed by atoms with Crippen LogP contribution >= 0.6 is 0 Å². The zero-order valence-corrected chi connectivity index (χ0v) is 16.5. The van der Waals surface area contributed by atoms with Gasteiger partial charge in [-0.2, -0.15) is 13.2 Å². The number of ether oxygens (including phenoxy) is 1. The summed E-state index contributed by atoms with van der Waals surface area (Å²) >= 11 is 0. The molecule has 0 saturated heterocycles. The van der Waals surface area contributed by atoms with Crippen LogP contribution in [0, 0.1) is 12.7 Å². The van der Waals surface area contributed by atoms with E-state index in [-0.39, 0.29) is 5.75 Å². The van der Waals surface area contributed by atoms with Gasteiger partial charge in [-0.15, -0.1) is 0 Å². The first kappa shape index (κ1) is 22.1. The SMILES string of the molecule is Cc1cc(N)cc2ncnc(Nc3ccc(F)cc3OC(C)CNC(=O)C(F)(F)F)c12. The second kappa shape index (κ2) is 8.62. The van der Waals surface area contributed by atoms with Crippen LogP contribution in [0.15, 0.2) is 36.7 Å². The van der Waals surface area contributed by atoms with Crippen molar-refractivity contribution in [3.63, 3.8) is 0 Å². The number of nitrogens with one attached hydrogen (secondary N) is 2. The molecule has 7 nitrogen and oxygen atoms in total. The standard InChI is InChI=1S/C20H19F4N5O2/c1-10-5-13(25)7-15-17(10)18(28-9-27-15)29-14-4-3-12(21)6-16(14)31-11(2)8-26-19(30)20(22,23)24/h3-7,9,11H,8,25H2,1-2H3,(H,26,30)(H,27,28,29). The number of carbonyl (C=O) groups excluding carboxylic acids is 1. The molecule has 2 aromatic carbocycles. The molecule has 3 aromatic rings. The summed E-state index contributed by atoms with van der Waals surface area (Å²) in [5.41, 5.74) is 8.13. The Hall–Kier alpha value is -3.63. The van der Waals surface area contributed by atoms with Gasteiger partial charge in [0.25, 0.3) is 0 Å². The number of aryl methyl sites for hydroxylation is 1. The normalized spacial score (nSPS) is 12.5. The van der Waals surface area contributed by atoms with Crippen LogP contribution in [0.5, 0.6) is 5.75 Å². The molecule has 31 heavy (non-hydrogen) atoms. The Morgan fingerprint density at radius 2 is 1.97 bits per heavy atom. The molecule has 11 heteroatoms. The Balaban J connectivity index is 1.84. The van der Waals surface area contributed by atoms with Crippen LogP contribution in [0.4, 0.5) is 34.8 Å². The Morgan fingerprint density at radius 3 is 2.68 bits per heavy atom. The van der Waals surface area contributed by atoms with E-state index in [4.69, 9.17) is 10.5 Å². The maximum Gasteiger partial charge on any atom is 0.471 e. The fourth-order valence-electron chi connectivity index (χ4n) is 2.93. The highest BCUT2D eigenvalue weighted by atomic mass is 19.4. The molecule has 0 saturated carbocycles. The summed E-state index contributed by atoms with van der Waals surface area (Å²) in [5.74, 6) is -2.24. The summed E-state index contributed by atoms with van der Waals surface area (Å²) in [5, 5.41) is 5.47. The molecule has 1 aromatic heterocycles. The third kappa shape index (κ3) is 5.30. The molecule has 1 amide bonds. The van der Waals surface area contributed by atoms with Crippen LogP contribution in [0.3, 0.4) is 0 Å². The minimum atomic E-state index is -5.00. The quantitative estimate of drug-likeness (QED) is 0.400. The van der Waals surface area contributed by atoms with Crippen molar-refractivity contribution in [1.29, 1.82) is 0 Å². The van der Waals surface area contributed by atoms with Crippen molar-refractivity contribution in [2.24, 2.45) is 0 Å². The topological polar surface area (TPSA) is 102 Å². The van der Waals surface area contributed by atoms with Gasteiger partial charge in [0.2, 0.25) is 0 Å². The first-order valence-electron chi connectivity index (χ1n) is 9.13. The Bertz CT molecular complexity index is 1120. The maximum atomic E-state index is 13.8. The lowest BCUT2D eigenvalue weighted by Gasteiger charge is -2.19. The zero-order valence-electron chi connectivity index (χ0n) is 16.5.